The van der Waals surface area contributed by atoms with Crippen LogP contribution in [-0.2, 0) is 0 Å². The van der Waals surface area contributed by atoms with Crippen molar-refractivity contribution in [3.8, 4) is 0 Å². The first-order valence-electron chi connectivity index (χ1n) is 6.83. The molecule has 0 heterocycles. The standard InChI is InChI=1S/C15H23ClN2O/c1-4-10(3)8-12(5-2)18-14-9-11(15(17)19)6-7-13(14)16/h6-7,9-10,12,18H,4-5,8H2,1-3H3,(H2,17,19). The van der Waals surface area contributed by atoms with Crippen molar-refractivity contribution < 1.29 is 4.79 Å². The minimum absolute atomic E-state index is 0.357. The summed E-state index contributed by atoms with van der Waals surface area (Å²) in [5, 5.41) is 4.04. The highest BCUT2D eigenvalue weighted by Crippen LogP contribution is 2.26. The molecule has 0 aliphatic rings. The average Bonchev–Trinajstić information content (AvgIpc) is 2.39. The van der Waals surface area contributed by atoms with Gasteiger partial charge in [0.15, 0.2) is 0 Å². The number of rotatable bonds is 7. The molecule has 19 heavy (non-hydrogen) atoms. The Balaban J connectivity index is 2.84. The molecular weight excluding hydrogens is 260 g/mol. The Morgan fingerprint density at radius 2 is 2.05 bits per heavy atom. The van der Waals surface area contributed by atoms with E-state index in [-0.39, 0.29) is 0 Å². The average molecular weight is 283 g/mol. The number of anilines is 1. The zero-order chi connectivity index (χ0) is 14.4. The van der Waals surface area contributed by atoms with Crippen LogP contribution in [0.1, 0.15) is 50.4 Å². The normalized spacial score (nSPS) is 13.9. The van der Waals surface area contributed by atoms with Gasteiger partial charge in [-0.15, -0.1) is 0 Å². The van der Waals surface area contributed by atoms with Crippen LogP contribution in [0.4, 0.5) is 5.69 Å². The molecule has 4 heteroatoms. The van der Waals surface area contributed by atoms with Gasteiger partial charge in [-0.3, -0.25) is 4.79 Å². The van der Waals surface area contributed by atoms with Gasteiger partial charge in [0.1, 0.15) is 0 Å². The lowest BCUT2D eigenvalue weighted by molar-refractivity contribution is 0.100. The summed E-state index contributed by atoms with van der Waals surface area (Å²) in [6.07, 6.45) is 3.26. The van der Waals surface area contributed by atoms with Crippen LogP contribution in [0.15, 0.2) is 18.2 Å². The third-order valence-corrected chi connectivity index (χ3v) is 3.82. The number of hydrogen-bond acceptors (Lipinski definition) is 2. The van der Waals surface area contributed by atoms with Gasteiger partial charge in [-0.25, -0.2) is 0 Å². The quantitative estimate of drug-likeness (QED) is 0.792. The summed E-state index contributed by atoms with van der Waals surface area (Å²) >= 11 is 6.16. The monoisotopic (exact) mass is 282 g/mol. The van der Waals surface area contributed by atoms with Crippen molar-refractivity contribution in [2.24, 2.45) is 11.7 Å². The molecular formula is C15H23ClN2O. The van der Waals surface area contributed by atoms with Crippen LogP contribution in [0.25, 0.3) is 0 Å². The summed E-state index contributed by atoms with van der Waals surface area (Å²) < 4.78 is 0. The molecule has 0 saturated heterocycles. The Morgan fingerprint density at radius 3 is 2.58 bits per heavy atom. The van der Waals surface area contributed by atoms with Crippen molar-refractivity contribution in [2.45, 2.75) is 46.1 Å². The van der Waals surface area contributed by atoms with E-state index in [1.165, 1.54) is 0 Å². The number of nitrogens with one attached hydrogen (secondary N) is 1. The van der Waals surface area contributed by atoms with Crippen LogP contribution >= 0.6 is 11.6 Å². The van der Waals surface area contributed by atoms with E-state index in [1.807, 2.05) is 0 Å². The van der Waals surface area contributed by atoms with Crippen LogP contribution in [-0.4, -0.2) is 11.9 Å². The van der Waals surface area contributed by atoms with Crippen molar-refractivity contribution >= 4 is 23.2 Å². The number of carbonyl (C=O) groups is 1. The van der Waals surface area contributed by atoms with Gasteiger partial charge in [0.2, 0.25) is 5.91 Å². The van der Waals surface area contributed by atoms with Crippen LogP contribution in [0.2, 0.25) is 5.02 Å². The maximum atomic E-state index is 11.2. The lowest BCUT2D eigenvalue weighted by Crippen LogP contribution is -2.22. The van der Waals surface area contributed by atoms with Crippen LogP contribution in [0, 0.1) is 5.92 Å². The molecule has 2 unspecified atom stereocenters. The number of halogens is 1. The molecule has 2 atom stereocenters. The van der Waals surface area contributed by atoms with Crippen molar-refractivity contribution in [3.05, 3.63) is 28.8 Å². The molecule has 106 valence electrons. The zero-order valence-corrected chi connectivity index (χ0v) is 12.6. The molecule has 1 aromatic rings. The summed E-state index contributed by atoms with van der Waals surface area (Å²) in [5.41, 5.74) is 6.55. The number of benzene rings is 1. The molecule has 0 fully saturated rings. The van der Waals surface area contributed by atoms with Crippen molar-refractivity contribution in [2.75, 3.05) is 5.32 Å². The molecule has 0 aromatic heterocycles. The van der Waals surface area contributed by atoms with Gasteiger partial charge in [-0.05, 0) is 37.0 Å². The second-order valence-corrected chi connectivity index (χ2v) is 5.46. The molecule has 3 nitrogen and oxygen atoms in total. The van der Waals surface area contributed by atoms with Gasteiger partial charge in [0.25, 0.3) is 0 Å². The largest absolute Gasteiger partial charge is 0.381 e. The van der Waals surface area contributed by atoms with Crippen LogP contribution in [0.5, 0.6) is 0 Å². The number of amides is 1. The highest BCUT2D eigenvalue weighted by Gasteiger charge is 2.13. The SMILES string of the molecule is CCC(C)CC(CC)Nc1cc(C(N)=O)ccc1Cl. The molecule has 1 rings (SSSR count). The first-order chi connectivity index (χ1) is 8.97. The van der Waals surface area contributed by atoms with Gasteiger partial charge in [0, 0.05) is 11.6 Å². The summed E-state index contributed by atoms with van der Waals surface area (Å²) in [6, 6.07) is 5.44. The van der Waals surface area contributed by atoms with Gasteiger partial charge < -0.3 is 11.1 Å². The minimum atomic E-state index is -0.435. The van der Waals surface area contributed by atoms with Gasteiger partial charge >= 0.3 is 0 Å². The highest BCUT2D eigenvalue weighted by molar-refractivity contribution is 6.33. The number of hydrogen-bond donors (Lipinski definition) is 2. The molecule has 1 amide bonds. The Labute approximate surface area is 120 Å². The molecule has 0 aliphatic heterocycles. The molecule has 0 aliphatic carbocycles. The maximum Gasteiger partial charge on any atom is 0.248 e. The van der Waals surface area contributed by atoms with E-state index in [9.17, 15) is 4.79 Å². The molecule has 3 N–H and O–H groups in total. The van der Waals surface area contributed by atoms with Crippen molar-refractivity contribution in [1.29, 1.82) is 0 Å². The van der Waals surface area contributed by atoms with E-state index in [4.69, 9.17) is 17.3 Å². The third-order valence-electron chi connectivity index (χ3n) is 3.49. The summed E-state index contributed by atoms with van der Waals surface area (Å²) in [7, 11) is 0. The Hall–Kier alpha value is -1.22. The molecule has 0 saturated carbocycles. The van der Waals surface area contributed by atoms with E-state index in [2.05, 4.69) is 26.1 Å². The van der Waals surface area contributed by atoms with Gasteiger partial charge in [-0.1, -0.05) is 38.8 Å². The molecule has 0 spiro atoms. The summed E-state index contributed by atoms with van der Waals surface area (Å²) in [5.74, 6) is 0.227. The van der Waals surface area contributed by atoms with Gasteiger partial charge in [-0.2, -0.15) is 0 Å². The van der Waals surface area contributed by atoms with E-state index in [0.717, 1.165) is 24.9 Å². The number of nitrogens with two attached hydrogens (primary N) is 1. The third kappa shape index (κ3) is 4.75. The highest BCUT2D eigenvalue weighted by atomic mass is 35.5. The first kappa shape index (κ1) is 15.8. The van der Waals surface area contributed by atoms with E-state index < -0.39 is 5.91 Å². The summed E-state index contributed by atoms with van der Waals surface area (Å²) in [4.78, 5) is 11.2. The predicted octanol–water partition coefficient (Wildman–Crippen LogP) is 4.07. The van der Waals surface area contributed by atoms with Crippen molar-refractivity contribution in [3.63, 3.8) is 0 Å². The van der Waals surface area contributed by atoms with E-state index in [0.29, 0.717) is 22.5 Å². The molecule has 0 radical (unpaired) electrons. The molecule has 1 aromatic carbocycles. The van der Waals surface area contributed by atoms with Crippen LogP contribution < -0.4 is 11.1 Å². The Kier molecular flexibility index (Phi) is 6.16. The van der Waals surface area contributed by atoms with Crippen molar-refractivity contribution in [1.82, 2.24) is 0 Å². The summed E-state index contributed by atoms with van der Waals surface area (Å²) in [6.45, 7) is 6.58. The van der Waals surface area contributed by atoms with Crippen LogP contribution in [0.3, 0.4) is 0 Å². The topological polar surface area (TPSA) is 55.1 Å². The Morgan fingerprint density at radius 1 is 1.37 bits per heavy atom. The maximum absolute atomic E-state index is 11.2. The number of carbonyl (C=O) groups excluding carboxylic acids is 1. The fourth-order valence-electron chi connectivity index (χ4n) is 1.99. The van der Waals surface area contributed by atoms with E-state index >= 15 is 0 Å². The minimum Gasteiger partial charge on any atom is -0.381 e. The fourth-order valence-corrected chi connectivity index (χ4v) is 2.16. The lowest BCUT2D eigenvalue weighted by atomic mass is 9.97. The second kappa shape index (κ2) is 7.39. The fraction of sp³-hybridized carbons (Fsp3) is 0.533. The second-order valence-electron chi connectivity index (χ2n) is 5.06. The molecule has 0 bridgehead atoms. The number of primary amides is 1. The Bertz CT molecular complexity index is 434. The zero-order valence-electron chi connectivity index (χ0n) is 11.9. The predicted molar refractivity (Wildman–Crippen MR) is 81.7 cm³/mol. The smallest absolute Gasteiger partial charge is 0.248 e. The first-order valence-corrected chi connectivity index (χ1v) is 7.21. The van der Waals surface area contributed by atoms with E-state index in [1.54, 1.807) is 18.2 Å². The van der Waals surface area contributed by atoms with Gasteiger partial charge in [0.05, 0.1) is 10.7 Å². The lowest BCUT2D eigenvalue weighted by Gasteiger charge is -2.22.